The van der Waals surface area contributed by atoms with Gasteiger partial charge < -0.3 is 15.2 Å². The molecule has 1 aromatic rings. The molecule has 0 heterocycles. The number of benzene rings is 1. The van der Waals surface area contributed by atoms with Crippen LogP contribution in [0.25, 0.3) is 0 Å². The number of hydrogen-bond donors (Lipinski definition) is 1. The van der Waals surface area contributed by atoms with E-state index in [9.17, 15) is 22.0 Å². The molecule has 0 bridgehead atoms. The molecule has 0 aliphatic carbocycles. The summed E-state index contributed by atoms with van der Waals surface area (Å²) in [7, 11) is 2.36. The highest BCUT2D eigenvalue weighted by Gasteiger charge is 2.62. The van der Waals surface area contributed by atoms with Gasteiger partial charge in [0.15, 0.2) is 11.5 Å². The highest BCUT2D eigenvalue weighted by molar-refractivity contribution is 5.85. The van der Waals surface area contributed by atoms with Crippen molar-refractivity contribution in [1.82, 2.24) is 0 Å². The monoisotopic (exact) mass is 321 g/mol. The number of ether oxygens (including phenoxy) is 2. The van der Waals surface area contributed by atoms with Crippen molar-refractivity contribution in [3.63, 3.8) is 0 Å². The third kappa shape index (κ3) is 3.24. The van der Waals surface area contributed by atoms with Crippen molar-refractivity contribution >= 4 is 12.4 Å². The molecule has 0 aromatic heterocycles. The summed E-state index contributed by atoms with van der Waals surface area (Å²) in [5.74, 6) is -5.30. The Balaban J connectivity index is 0.00000361. The van der Waals surface area contributed by atoms with Gasteiger partial charge in [0.2, 0.25) is 0 Å². The molecule has 9 heteroatoms. The number of methoxy groups -OCH3 is 2. The average molecular weight is 322 g/mol. The number of halogens is 6. The summed E-state index contributed by atoms with van der Waals surface area (Å²) in [4.78, 5) is 0. The topological polar surface area (TPSA) is 44.5 Å². The SMILES string of the molecule is COc1cccc([C@@H](N)C(F)(F)C(F)(F)F)c1OC.Cl. The minimum Gasteiger partial charge on any atom is -0.493 e. The Hall–Kier alpha value is -1.28. The normalized spacial score (nSPS) is 13.4. The van der Waals surface area contributed by atoms with E-state index in [0.29, 0.717) is 0 Å². The van der Waals surface area contributed by atoms with Crippen LogP contribution in [0.15, 0.2) is 18.2 Å². The fraction of sp³-hybridized carbons (Fsp3) is 0.455. The Labute approximate surface area is 118 Å². The zero-order valence-corrected chi connectivity index (χ0v) is 11.3. The lowest BCUT2D eigenvalue weighted by Crippen LogP contribution is -2.45. The van der Waals surface area contributed by atoms with Crippen LogP contribution in [0.5, 0.6) is 11.5 Å². The highest BCUT2D eigenvalue weighted by Crippen LogP contribution is 2.46. The Morgan fingerprint density at radius 1 is 1.05 bits per heavy atom. The summed E-state index contributed by atoms with van der Waals surface area (Å²) in [6.07, 6.45) is -5.75. The Morgan fingerprint density at radius 2 is 1.60 bits per heavy atom. The first-order valence-corrected chi connectivity index (χ1v) is 5.07. The van der Waals surface area contributed by atoms with E-state index in [-0.39, 0.29) is 23.9 Å². The Morgan fingerprint density at radius 3 is 2.00 bits per heavy atom. The fourth-order valence-electron chi connectivity index (χ4n) is 1.53. The molecule has 0 fully saturated rings. The van der Waals surface area contributed by atoms with E-state index in [1.807, 2.05) is 0 Å². The molecule has 3 nitrogen and oxygen atoms in total. The predicted octanol–water partition coefficient (Wildman–Crippen LogP) is 3.32. The van der Waals surface area contributed by atoms with Gasteiger partial charge in [-0.1, -0.05) is 12.1 Å². The van der Waals surface area contributed by atoms with Crippen LogP contribution in [-0.4, -0.2) is 26.3 Å². The minimum atomic E-state index is -5.75. The quantitative estimate of drug-likeness (QED) is 0.865. The molecule has 20 heavy (non-hydrogen) atoms. The summed E-state index contributed by atoms with van der Waals surface area (Å²) in [6, 6.07) is 1.06. The molecule has 0 saturated carbocycles. The van der Waals surface area contributed by atoms with Crippen LogP contribution >= 0.6 is 12.4 Å². The number of nitrogens with two attached hydrogens (primary N) is 1. The van der Waals surface area contributed by atoms with Gasteiger partial charge in [0.1, 0.15) is 6.04 Å². The summed E-state index contributed by atoms with van der Waals surface area (Å²) in [6.45, 7) is 0. The lowest BCUT2D eigenvalue weighted by molar-refractivity contribution is -0.291. The minimum absolute atomic E-state index is 0. The van der Waals surface area contributed by atoms with Crippen LogP contribution in [-0.2, 0) is 0 Å². The van der Waals surface area contributed by atoms with Crippen molar-refractivity contribution in [2.24, 2.45) is 5.73 Å². The second kappa shape index (κ2) is 6.45. The molecule has 1 aromatic carbocycles. The van der Waals surface area contributed by atoms with Crippen LogP contribution in [0.4, 0.5) is 22.0 Å². The molecular formula is C11H13ClF5NO2. The third-order valence-electron chi connectivity index (χ3n) is 2.54. The number of rotatable bonds is 4. The number of para-hydroxylation sites is 1. The summed E-state index contributed by atoms with van der Waals surface area (Å²) >= 11 is 0. The molecule has 1 atom stereocenters. The molecule has 0 aliphatic heterocycles. The molecule has 0 amide bonds. The smallest absolute Gasteiger partial charge is 0.455 e. The lowest BCUT2D eigenvalue weighted by Gasteiger charge is -2.27. The van der Waals surface area contributed by atoms with Gasteiger partial charge in [0.25, 0.3) is 0 Å². The van der Waals surface area contributed by atoms with Crippen LogP contribution in [0.3, 0.4) is 0 Å². The van der Waals surface area contributed by atoms with Crippen molar-refractivity contribution in [2.45, 2.75) is 18.1 Å². The maximum absolute atomic E-state index is 13.2. The molecule has 0 saturated heterocycles. The van der Waals surface area contributed by atoms with Crippen molar-refractivity contribution in [1.29, 1.82) is 0 Å². The first kappa shape index (κ1) is 18.7. The summed E-state index contributed by atoms with van der Waals surface area (Å²) in [5.41, 5.74) is 4.57. The second-order valence-corrected chi connectivity index (χ2v) is 3.68. The zero-order chi connectivity index (χ0) is 14.8. The third-order valence-corrected chi connectivity index (χ3v) is 2.54. The molecule has 0 unspecified atom stereocenters. The van der Waals surface area contributed by atoms with E-state index in [0.717, 1.165) is 13.2 Å². The number of hydrogen-bond acceptors (Lipinski definition) is 3. The van der Waals surface area contributed by atoms with Gasteiger partial charge in [-0.05, 0) is 6.07 Å². The van der Waals surface area contributed by atoms with Gasteiger partial charge in [-0.3, -0.25) is 0 Å². The van der Waals surface area contributed by atoms with Gasteiger partial charge in [0, 0.05) is 5.56 Å². The molecule has 0 aliphatic rings. The van der Waals surface area contributed by atoms with Gasteiger partial charge in [0.05, 0.1) is 14.2 Å². The maximum atomic E-state index is 13.2. The Kier molecular flexibility index (Phi) is 6.03. The largest absolute Gasteiger partial charge is 0.493 e. The fourth-order valence-corrected chi connectivity index (χ4v) is 1.53. The molecule has 0 radical (unpaired) electrons. The Bertz CT molecular complexity index is 453. The first-order chi connectivity index (χ1) is 8.66. The second-order valence-electron chi connectivity index (χ2n) is 3.68. The van der Waals surface area contributed by atoms with E-state index < -0.39 is 23.7 Å². The average Bonchev–Trinajstić information content (AvgIpc) is 2.35. The highest BCUT2D eigenvalue weighted by atomic mass is 35.5. The van der Waals surface area contributed by atoms with E-state index in [4.69, 9.17) is 15.2 Å². The first-order valence-electron chi connectivity index (χ1n) is 5.07. The van der Waals surface area contributed by atoms with E-state index in [2.05, 4.69) is 0 Å². The zero-order valence-electron chi connectivity index (χ0n) is 10.5. The van der Waals surface area contributed by atoms with Crippen molar-refractivity contribution in [3.05, 3.63) is 23.8 Å². The van der Waals surface area contributed by atoms with Crippen molar-refractivity contribution in [2.75, 3.05) is 14.2 Å². The van der Waals surface area contributed by atoms with Gasteiger partial charge >= 0.3 is 12.1 Å². The van der Waals surface area contributed by atoms with E-state index in [1.165, 1.54) is 19.2 Å². The molecule has 116 valence electrons. The predicted molar refractivity (Wildman–Crippen MR) is 64.7 cm³/mol. The van der Waals surface area contributed by atoms with Crippen LogP contribution in [0.1, 0.15) is 11.6 Å². The van der Waals surface area contributed by atoms with Crippen LogP contribution in [0, 0.1) is 0 Å². The van der Waals surface area contributed by atoms with Gasteiger partial charge in [-0.2, -0.15) is 22.0 Å². The van der Waals surface area contributed by atoms with Crippen molar-refractivity contribution in [3.8, 4) is 11.5 Å². The summed E-state index contributed by atoms with van der Waals surface area (Å²) < 4.78 is 72.9. The molecule has 1 rings (SSSR count). The summed E-state index contributed by atoms with van der Waals surface area (Å²) in [5, 5.41) is 0. The van der Waals surface area contributed by atoms with Gasteiger partial charge in [-0.25, -0.2) is 0 Å². The van der Waals surface area contributed by atoms with Gasteiger partial charge in [-0.15, -0.1) is 12.4 Å². The van der Waals surface area contributed by atoms with E-state index >= 15 is 0 Å². The number of alkyl halides is 5. The van der Waals surface area contributed by atoms with Crippen LogP contribution < -0.4 is 15.2 Å². The molecular weight excluding hydrogens is 309 g/mol. The van der Waals surface area contributed by atoms with E-state index in [1.54, 1.807) is 0 Å². The molecule has 2 N–H and O–H groups in total. The molecule has 0 spiro atoms. The lowest BCUT2D eigenvalue weighted by atomic mass is 9.99. The maximum Gasteiger partial charge on any atom is 0.455 e. The van der Waals surface area contributed by atoms with Crippen LogP contribution in [0.2, 0.25) is 0 Å². The van der Waals surface area contributed by atoms with Crippen molar-refractivity contribution < 1.29 is 31.4 Å². The standard InChI is InChI=1S/C11H12F5NO2.ClH/c1-18-7-5-3-4-6(8(7)19-2)9(17)10(12,13)11(14,15)16;/h3-5,9H,17H2,1-2H3;1H/t9-;/m1./s1.